The first-order valence-corrected chi connectivity index (χ1v) is 7.23. The van der Waals surface area contributed by atoms with Crippen molar-refractivity contribution >= 4 is 0 Å². The maximum atomic E-state index is 10.1. The van der Waals surface area contributed by atoms with E-state index in [-0.39, 0.29) is 13.1 Å². The van der Waals surface area contributed by atoms with Crippen LogP contribution in [0.2, 0.25) is 0 Å². The molecule has 9 atom stereocenters. The molecule has 23 heavy (non-hydrogen) atoms. The van der Waals surface area contributed by atoms with Crippen molar-refractivity contribution in [2.24, 2.45) is 11.5 Å². The van der Waals surface area contributed by atoms with Gasteiger partial charge >= 0.3 is 0 Å². The Bertz CT molecular complexity index is 401. The van der Waals surface area contributed by atoms with Gasteiger partial charge in [0.2, 0.25) is 5.79 Å². The Kier molecular flexibility index (Phi) is 5.92. The lowest BCUT2D eigenvalue weighted by Gasteiger charge is -2.43. The zero-order valence-corrected chi connectivity index (χ0v) is 12.3. The molecule has 2 fully saturated rings. The van der Waals surface area contributed by atoms with Gasteiger partial charge in [-0.2, -0.15) is 0 Å². The van der Waals surface area contributed by atoms with Gasteiger partial charge in [-0.1, -0.05) is 0 Å². The van der Waals surface area contributed by atoms with Gasteiger partial charge in [-0.05, 0) is 0 Å². The average Bonchev–Trinajstić information content (AvgIpc) is 2.80. The quantitative estimate of drug-likeness (QED) is 0.237. The van der Waals surface area contributed by atoms with Crippen molar-refractivity contribution in [2.45, 2.75) is 54.8 Å². The largest absolute Gasteiger partial charge is 0.391 e. The van der Waals surface area contributed by atoms with Crippen LogP contribution in [0, 0.1) is 0 Å². The Morgan fingerprint density at radius 2 is 1.48 bits per heavy atom. The van der Waals surface area contributed by atoms with Crippen LogP contribution in [-0.4, -0.2) is 105 Å². The molecule has 0 bridgehead atoms. The minimum absolute atomic E-state index is 0.149. The Morgan fingerprint density at radius 1 is 0.870 bits per heavy atom. The van der Waals surface area contributed by atoms with Crippen molar-refractivity contribution in [2.75, 3.05) is 19.7 Å². The first-order valence-electron chi connectivity index (χ1n) is 7.23. The molecule has 10 N–H and O–H groups in total. The molecule has 2 heterocycles. The molecule has 0 aromatic carbocycles. The van der Waals surface area contributed by atoms with Crippen LogP contribution in [0.4, 0.5) is 0 Å². The lowest BCUT2D eigenvalue weighted by atomic mass is 9.98. The van der Waals surface area contributed by atoms with Crippen molar-refractivity contribution < 1.29 is 44.8 Å². The SMILES string of the molecule is NCC1O[C@H](O[C@]2(CO)O[C@H](CN)C(O)C2O)C(O)C(O)[C@@H]1O. The Morgan fingerprint density at radius 3 is 1.96 bits per heavy atom. The van der Waals surface area contributed by atoms with E-state index in [2.05, 4.69) is 0 Å². The summed E-state index contributed by atoms with van der Waals surface area (Å²) in [6.07, 6.45) is -11.4. The third-order valence-electron chi connectivity index (χ3n) is 4.18. The summed E-state index contributed by atoms with van der Waals surface area (Å²) in [6.45, 7) is -1.20. The second kappa shape index (κ2) is 7.21. The van der Waals surface area contributed by atoms with Crippen molar-refractivity contribution in [3.8, 4) is 0 Å². The van der Waals surface area contributed by atoms with Gasteiger partial charge in [-0.25, -0.2) is 0 Å². The summed E-state index contributed by atoms with van der Waals surface area (Å²) >= 11 is 0. The van der Waals surface area contributed by atoms with Crippen LogP contribution >= 0.6 is 0 Å². The summed E-state index contributed by atoms with van der Waals surface area (Å²) in [5.41, 5.74) is 10.8. The Hall–Kier alpha value is -0.440. The van der Waals surface area contributed by atoms with Crippen molar-refractivity contribution in [1.82, 2.24) is 0 Å². The van der Waals surface area contributed by atoms with E-state index in [9.17, 15) is 30.6 Å². The summed E-state index contributed by atoms with van der Waals surface area (Å²) in [5.74, 6) is -2.10. The summed E-state index contributed by atoms with van der Waals surface area (Å²) < 4.78 is 15.9. The highest BCUT2D eigenvalue weighted by Gasteiger charge is 2.58. The van der Waals surface area contributed by atoms with Gasteiger partial charge in [0.05, 0.1) is 0 Å². The van der Waals surface area contributed by atoms with Crippen LogP contribution < -0.4 is 11.5 Å². The second-order valence-electron chi connectivity index (χ2n) is 5.67. The molecule has 0 saturated carbocycles. The number of aliphatic hydroxyl groups excluding tert-OH is 6. The van der Waals surface area contributed by atoms with Gasteiger partial charge < -0.3 is 56.3 Å². The fourth-order valence-electron chi connectivity index (χ4n) is 2.72. The molecule has 2 rings (SSSR count). The molecule has 11 nitrogen and oxygen atoms in total. The van der Waals surface area contributed by atoms with Gasteiger partial charge in [-0.15, -0.1) is 0 Å². The van der Waals surface area contributed by atoms with Crippen molar-refractivity contribution in [3.05, 3.63) is 0 Å². The molecule has 0 amide bonds. The van der Waals surface area contributed by atoms with Crippen LogP contribution in [0.1, 0.15) is 0 Å². The second-order valence-corrected chi connectivity index (χ2v) is 5.67. The first-order chi connectivity index (χ1) is 10.8. The lowest BCUT2D eigenvalue weighted by Crippen LogP contribution is -2.63. The number of hydrogen-bond acceptors (Lipinski definition) is 11. The third-order valence-corrected chi connectivity index (χ3v) is 4.18. The zero-order chi connectivity index (χ0) is 17.4. The fraction of sp³-hybridized carbons (Fsp3) is 1.00. The summed E-state index contributed by atoms with van der Waals surface area (Å²) in [7, 11) is 0. The molecule has 0 aromatic rings. The van der Waals surface area contributed by atoms with Crippen LogP contribution in [0.5, 0.6) is 0 Å². The van der Waals surface area contributed by atoms with E-state index in [1.165, 1.54) is 0 Å². The van der Waals surface area contributed by atoms with Gasteiger partial charge in [0, 0.05) is 13.1 Å². The van der Waals surface area contributed by atoms with Crippen LogP contribution in [0.15, 0.2) is 0 Å². The van der Waals surface area contributed by atoms with Gasteiger partial charge in [0.15, 0.2) is 6.29 Å². The highest BCUT2D eigenvalue weighted by Crippen LogP contribution is 2.35. The standard InChI is InChI=1S/C12H24N2O9/c13-1-4-6(16)8(18)9(19)11(21-4)23-12(3-15)10(20)7(17)5(2-14)22-12/h4-11,15-20H,1-3,13-14H2/t4?,5-,6-,7?,8?,9?,10?,11-,12+/m1/s1. The molecule has 2 aliphatic heterocycles. The fourth-order valence-corrected chi connectivity index (χ4v) is 2.72. The highest BCUT2D eigenvalue weighted by molar-refractivity contribution is 4.98. The smallest absolute Gasteiger partial charge is 0.224 e. The maximum absolute atomic E-state index is 10.1. The summed E-state index contributed by atoms with van der Waals surface area (Å²) in [5, 5.41) is 59.0. The number of hydrogen-bond donors (Lipinski definition) is 8. The van der Waals surface area contributed by atoms with Gasteiger partial charge in [-0.3, -0.25) is 0 Å². The van der Waals surface area contributed by atoms with E-state index in [1.807, 2.05) is 0 Å². The van der Waals surface area contributed by atoms with E-state index in [4.69, 9.17) is 25.7 Å². The van der Waals surface area contributed by atoms with Crippen molar-refractivity contribution in [3.63, 3.8) is 0 Å². The molecular weight excluding hydrogens is 316 g/mol. The number of rotatable bonds is 5. The lowest BCUT2D eigenvalue weighted by molar-refractivity contribution is -0.380. The predicted molar refractivity (Wildman–Crippen MR) is 72.6 cm³/mol. The molecule has 0 spiro atoms. The minimum Gasteiger partial charge on any atom is -0.391 e. The molecule has 0 aliphatic carbocycles. The van der Waals surface area contributed by atoms with Crippen LogP contribution in [0.3, 0.4) is 0 Å². The first kappa shape index (κ1) is 18.9. The third kappa shape index (κ3) is 3.23. The topological polar surface area (TPSA) is 201 Å². The number of nitrogens with two attached hydrogens (primary N) is 2. The Balaban J connectivity index is 2.18. The monoisotopic (exact) mass is 340 g/mol. The van der Waals surface area contributed by atoms with E-state index < -0.39 is 61.4 Å². The van der Waals surface area contributed by atoms with Gasteiger partial charge in [0.1, 0.15) is 49.3 Å². The zero-order valence-electron chi connectivity index (χ0n) is 12.3. The summed E-state index contributed by atoms with van der Waals surface area (Å²) in [6, 6.07) is 0. The summed E-state index contributed by atoms with van der Waals surface area (Å²) in [4.78, 5) is 0. The number of ether oxygens (including phenoxy) is 3. The van der Waals surface area contributed by atoms with E-state index in [0.29, 0.717) is 0 Å². The Labute approximate surface area is 132 Å². The van der Waals surface area contributed by atoms with E-state index in [0.717, 1.165) is 0 Å². The molecule has 5 unspecified atom stereocenters. The highest BCUT2D eigenvalue weighted by atomic mass is 16.8. The van der Waals surface area contributed by atoms with Crippen molar-refractivity contribution in [1.29, 1.82) is 0 Å². The van der Waals surface area contributed by atoms with Crippen LogP contribution in [-0.2, 0) is 14.2 Å². The average molecular weight is 340 g/mol. The molecule has 2 saturated heterocycles. The molecule has 2 aliphatic rings. The predicted octanol–water partition coefficient (Wildman–Crippen LogP) is -5.46. The van der Waals surface area contributed by atoms with E-state index >= 15 is 0 Å². The molecule has 0 aromatic heterocycles. The number of aliphatic hydroxyl groups is 6. The van der Waals surface area contributed by atoms with E-state index in [1.54, 1.807) is 0 Å². The molecule has 0 radical (unpaired) electrons. The van der Waals surface area contributed by atoms with Crippen LogP contribution in [0.25, 0.3) is 0 Å². The van der Waals surface area contributed by atoms with Gasteiger partial charge in [0.25, 0.3) is 0 Å². The molecule has 11 heteroatoms. The molecular formula is C12H24N2O9. The normalized spacial score (nSPS) is 51.1. The molecule has 136 valence electrons. The maximum Gasteiger partial charge on any atom is 0.224 e. The minimum atomic E-state index is -2.10.